The minimum Gasteiger partial charge on any atom is -0.496 e. The molecule has 0 bridgehead atoms. The number of aryl methyl sites for hydroxylation is 1. The second-order valence-electron chi connectivity index (χ2n) is 4.88. The van der Waals surface area contributed by atoms with Crippen molar-refractivity contribution < 1.29 is 9.47 Å². The molecule has 0 spiro atoms. The number of aromatic nitrogens is 2. The summed E-state index contributed by atoms with van der Waals surface area (Å²) in [7, 11) is 5.30. The highest BCUT2D eigenvalue weighted by molar-refractivity contribution is 5.51. The largest absolute Gasteiger partial charge is 0.496 e. The third-order valence-corrected chi connectivity index (χ3v) is 3.75. The van der Waals surface area contributed by atoms with Crippen LogP contribution < -0.4 is 14.8 Å². The van der Waals surface area contributed by atoms with Gasteiger partial charge in [-0.3, -0.25) is 4.68 Å². The summed E-state index contributed by atoms with van der Waals surface area (Å²) in [5.74, 6) is 1.62. The van der Waals surface area contributed by atoms with Crippen LogP contribution in [0, 0.1) is 6.92 Å². The number of rotatable bonds is 6. The van der Waals surface area contributed by atoms with E-state index in [2.05, 4.69) is 24.3 Å². The van der Waals surface area contributed by atoms with Crippen LogP contribution in [0.25, 0.3) is 0 Å². The summed E-state index contributed by atoms with van der Waals surface area (Å²) in [5.41, 5.74) is 3.25. The molecule has 2 rings (SSSR count). The van der Waals surface area contributed by atoms with Crippen molar-refractivity contribution in [3.63, 3.8) is 0 Å². The number of nitrogens with zero attached hydrogens (tertiary/aromatic N) is 2. The fraction of sp³-hybridized carbons (Fsp3) is 0.438. The van der Waals surface area contributed by atoms with Crippen LogP contribution in [0.3, 0.4) is 0 Å². The van der Waals surface area contributed by atoms with Crippen LogP contribution in [-0.2, 0) is 7.05 Å². The molecule has 0 aliphatic rings. The maximum atomic E-state index is 5.54. The summed E-state index contributed by atoms with van der Waals surface area (Å²) >= 11 is 0. The quantitative estimate of drug-likeness (QED) is 0.887. The molecule has 21 heavy (non-hydrogen) atoms. The lowest BCUT2D eigenvalue weighted by Gasteiger charge is -2.23. The Morgan fingerprint density at radius 3 is 2.29 bits per heavy atom. The smallest absolute Gasteiger partial charge is 0.127 e. The van der Waals surface area contributed by atoms with Crippen LogP contribution in [-0.4, -0.2) is 30.5 Å². The van der Waals surface area contributed by atoms with Crippen molar-refractivity contribution in [1.29, 1.82) is 0 Å². The summed E-state index contributed by atoms with van der Waals surface area (Å²) < 4.78 is 12.9. The molecule has 1 N–H and O–H groups in total. The molecule has 5 heteroatoms. The number of benzene rings is 1. The van der Waals surface area contributed by atoms with E-state index < -0.39 is 0 Å². The van der Waals surface area contributed by atoms with Crippen LogP contribution in [0.2, 0.25) is 0 Å². The molecule has 0 saturated heterocycles. The number of nitrogens with one attached hydrogen (secondary N) is 1. The summed E-state index contributed by atoms with van der Waals surface area (Å²) in [6.07, 6.45) is 1.90. The summed E-state index contributed by atoms with van der Waals surface area (Å²) in [6.45, 7) is 4.98. The van der Waals surface area contributed by atoms with Gasteiger partial charge in [-0.05, 0) is 25.6 Å². The van der Waals surface area contributed by atoms with Gasteiger partial charge in [0.05, 0.1) is 32.0 Å². The van der Waals surface area contributed by atoms with Crippen molar-refractivity contribution >= 4 is 0 Å². The standard InChI is InChI=1S/C16H23N3O2/c1-6-17-16(12-10-18-19(3)11(12)2)15-13(20-4)8-7-9-14(15)21-5/h7-10,16-17H,6H2,1-5H3. The molecule has 1 unspecified atom stereocenters. The summed E-state index contributed by atoms with van der Waals surface area (Å²) in [5, 5.41) is 7.86. The normalized spacial score (nSPS) is 12.2. The molecule has 1 aromatic carbocycles. The van der Waals surface area contributed by atoms with E-state index in [-0.39, 0.29) is 6.04 Å². The fourth-order valence-electron chi connectivity index (χ4n) is 2.54. The maximum absolute atomic E-state index is 5.54. The van der Waals surface area contributed by atoms with Crippen molar-refractivity contribution in [2.24, 2.45) is 7.05 Å². The van der Waals surface area contributed by atoms with Crippen molar-refractivity contribution in [3.05, 3.63) is 41.2 Å². The Hall–Kier alpha value is -2.01. The zero-order valence-electron chi connectivity index (χ0n) is 13.3. The molecule has 2 aromatic rings. The lowest BCUT2D eigenvalue weighted by molar-refractivity contribution is 0.377. The van der Waals surface area contributed by atoms with Crippen LogP contribution in [0.4, 0.5) is 0 Å². The van der Waals surface area contributed by atoms with Crippen molar-refractivity contribution in [2.45, 2.75) is 19.9 Å². The molecule has 1 aromatic heterocycles. The molecule has 1 atom stereocenters. The van der Waals surface area contributed by atoms with Gasteiger partial charge in [0.15, 0.2) is 0 Å². The third kappa shape index (κ3) is 2.88. The predicted octanol–water partition coefficient (Wildman–Crippen LogP) is 2.44. The Bertz CT molecular complexity index is 585. The monoisotopic (exact) mass is 289 g/mol. The fourth-order valence-corrected chi connectivity index (χ4v) is 2.54. The van der Waals surface area contributed by atoms with Crippen molar-refractivity contribution in [2.75, 3.05) is 20.8 Å². The van der Waals surface area contributed by atoms with Crippen LogP contribution in [0.15, 0.2) is 24.4 Å². The van der Waals surface area contributed by atoms with E-state index in [0.717, 1.165) is 34.9 Å². The van der Waals surface area contributed by atoms with Crippen LogP contribution in [0.1, 0.15) is 29.8 Å². The average molecular weight is 289 g/mol. The molecule has 0 radical (unpaired) electrons. The van der Waals surface area contributed by atoms with Gasteiger partial charge in [-0.15, -0.1) is 0 Å². The van der Waals surface area contributed by atoms with Gasteiger partial charge in [-0.25, -0.2) is 0 Å². The van der Waals surface area contributed by atoms with E-state index in [1.54, 1.807) is 14.2 Å². The first kappa shape index (κ1) is 15.4. The Balaban J connectivity index is 2.60. The Kier molecular flexibility index (Phi) is 4.85. The lowest BCUT2D eigenvalue weighted by atomic mass is 9.97. The first-order valence-electron chi connectivity index (χ1n) is 7.06. The van der Waals surface area contributed by atoms with E-state index in [1.807, 2.05) is 36.1 Å². The van der Waals surface area contributed by atoms with Gasteiger partial charge in [0.1, 0.15) is 11.5 Å². The number of methoxy groups -OCH3 is 2. The number of hydrogen-bond acceptors (Lipinski definition) is 4. The zero-order chi connectivity index (χ0) is 15.4. The van der Waals surface area contributed by atoms with E-state index in [9.17, 15) is 0 Å². The van der Waals surface area contributed by atoms with Gasteiger partial charge in [-0.1, -0.05) is 13.0 Å². The molecule has 0 aliphatic heterocycles. The summed E-state index contributed by atoms with van der Waals surface area (Å²) in [4.78, 5) is 0. The van der Waals surface area contributed by atoms with Gasteiger partial charge < -0.3 is 14.8 Å². The van der Waals surface area contributed by atoms with Gasteiger partial charge in [0.25, 0.3) is 0 Å². The van der Waals surface area contributed by atoms with Crippen molar-refractivity contribution in [3.8, 4) is 11.5 Å². The third-order valence-electron chi connectivity index (χ3n) is 3.75. The molecular formula is C16H23N3O2. The molecule has 0 fully saturated rings. The number of hydrogen-bond donors (Lipinski definition) is 1. The topological polar surface area (TPSA) is 48.3 Å². The highest BCUT2D eigenvalue weighted by Gasteiger charge is 2.24. The minimum absolute atomic E-state index is 0.0187. The first-order valence-corrected chi connectivity index (χ1v) is 7.06. The predicted molar refractivity (Wildman–Crippen MR) is 83.0 cm³/mol. The van der Waals surface area contributed by atoms with E-state index in [4.69, 9.17) is 9.47 Å². The number of ether oxygens (including phenoxy) is 2. The van der Waals surface area contributed by atoms with Crippen molar-refractivity contribution in [1.82, 2.24) is 15.1 Å². The van der Waals surface area contributed by atoms with Gasteiger partial charge in [0, 0.05) is 18.3 Å². The van der Waals surface area contributed by atoms with Gasteiger partial charge >= 0.3 is 0 Å². The van der Waals surface area contributed by atoms with Crippen LogP contribution >= 0.6 is 0 Å². The zero-order valence-corrected chi connectivity index (χ0v) is 13.3. The molecule has 0 saturated carbocycles. The maximum Gasteiger partial charge on any atom is 0.127 e. The second-order valence-corrected chi connectivity index (χ2v) is 4.88. The van der Waals surface area contributed by atoms with E-state index >= 15 is 0 Å². The molecule has 5 nitrogen and oxygen atoms in total. The Labute approximate surface area is 125 Å². The molecule has 114 valence electrons. The SMILES string of the molecule is CCNC(c1cnn(C)c1C)c1c(OC)cccc1OC. The Morgan fingerprint density at radius 1 is 1.24 bits per heavy atom. The lowest BCUT2D eigenvalue weighted by Crippen LogP contribution is -2.23. The highest BCUT2D eigenvalue weighted by atomic mass is 16.5. The molecule has 0 aliphatic carbocycles. The molecule has 0 amide bonds. The van der Waals surface area contributed by atoms with E-state index in [0.29, 0.717) is 0 Å². The Morgan fingerprint density at radius 2 is 1.86 bits per heavy atom. The van der Waals surface area contributed by atoms with Gasteiger partial charge in [0.2, 0.25) is 0 Å². The first-order chi connectivity index (χ1) is 10.1. The summed E-state index contributed by atoms with van der Waals surface area (Å²) in [6, 6.07) is 5.82. The molecular weight excluding hydrogens is 266 g/mol. The van der Waals surface area contributed by atoms with E-state index in [1.165, 1.54) is 0 Å². The molecule has 1 heterocycles. The van der Waals surface area contributed by atoms with Crippen LogP contribution in [0.5, 0.6) is 11.5 Å². The minimum atomic E-state index is -0.0187. The average Bonchev–Trinajstić information content (AvgIpc) is 2.84. The highest BCUT2D eigenvalue weighted by Crippen LogP contribution is 2.38. The van der Waals surface area contributed by atoms with Gasteiger partial charge in [-0.2, -0.15) is 5.10 Å². The second kappa shape index (κ2) is 6.63.